The molecule has 2 amide bonds. The van der Waals surface area contributed by atoms with Gasteiger partial charge >= 0.3 is 0 Å². The van der Waals surface area contributed by atoms with Crippen LogP contribution in [0.2, 0.25) is 10.0 Å². The normalized spacial score (nSPS) is 14.7. The minimum absolute atomic E-state index is 0.300. The molecule has 2 aromatic carbocycles. The van der Waals surface area contributed by atoms with Gasteiger partial charge in [-0.2, -0.15) is 0 Å². The Morgan fingerprint density at radius 1 is 0.920 bits per heavy atom. The molecule has 0 bridgehead atoms. The lowest BCUT2D eigenvalue weighted by molar-refractivity contribution is -0.131. The monoisotopic (exact) mass is 376 g/mol. The highest BCUT2D eigenvalue weighted by Crippen LogP contribution is 2.48. The fraction of sp³-hybridized carbons (Fsp3) is 0.263. The van der Waals surface area contributed by atoms with Crippen molar-refractivity contribution in [3.05, 3.63) is 57.6 Å². The number of carbonyl (C=O) groups excluding carboxylic acids is 2. The van der Waals surface area contributed by atoms with E-state index in [2.05, 4.69) is 10.6 Å². The van der Waals surface area contributed by atoms with Crippen LogP contribution >= 0.6 is 23.2 Å². The van der Waals surface area contributed by atoms with Gasteiger partial charge in [0.15, 0.2) is 0 Å². The third-order valence-electron chi connectivity index (χ3n) is 4.56. The average Bonchev–Trinajstić information content (AvgIpc) is 3.36. The second kappa shape index (κ2) is 6.70. The molecule has 0 atom stereocenters. The van der Waals surface area contributed by atoms with Gasteiger partial charge in [-0.1, -0.05) is 29.3 Å². The lowest BCUT2D eigenvalue weighted by Crippen LogP contribution is -2.35. The van der Waals surface area contributed by atoms with E-state index in [-0.39, 0.29) is 11.8 Å². The van der Waals surface area contributed by atoms with E-state index in [1.165, 1.54) is 0 Å². The van der Waals surface area contributed by atoms with Crippen LogP contribution in [0.5, 0.6) is 0 Å². The maximum absolute atomic E-state index is 12.6. The van der Waals surface area contributed by atoms with Crippen molar-refractivity contribution >= 4 is 46.4 Å². The Labute approximate surface area is 156 Å². The summed E-state index contributed by atoms with van der Waals surface area (Å²) in [5.41, 5.74) is 2.27. The fourth-order valence-electron chi connectivity index (χ4n) is 2.59. The Balaban J connectivity index is 1.74. The predicted octanol–water partition coefficient (Wildman–Crippen LogP) is 4.97. The second-order valence-electron chi connectivity index (χ2n) is 6.41. The number of benzene rings is 2. The molecule has 0 aliphatic heterocycles. The maximum Gasteiger partial charge on any atom is 0.240 e. The van der Waals surface area contributed by atoms with Gasteiger partial charge in [-0.25, -0.2) is 0 Å². The Bertz CT molecular complexity index is 860. The van der Waals surface area contributed by atoms with E-state index in [1.807, 2.05) is 32.0 Å². The molecule has 1 fully saturated rings. The predicted molar refractivity (Wildman–Crippen MR) is 101 cm³/mol. The lowest BCUT2D eigenvalue weighted by atomic mass is 10.0. The van der Waals surface area contributed by atoms with E-state index >= 15 is 0 Å². The van der Waals surface area contributed by atoms with Gasteiger partial charge in [-0.05, 0) is 68.1 Å². The summed E-state index contributed by atoms with van der Waals surface area (Å²) in [6.07, 6.45) is 1.02. The first-order valence-corrected chi connectivity index (χ1v) is 8.73. The summed E-state index contributed by atoms with van der Waals surface area (Å²) < 4.78 is 0. The third kappa shape index (κ3) is 3.65. The van der Waals surface area contributed by atoms with Crippen molar-refractivity contribution in [2.24, 2.45) is 5.41 Å². The zero-order chi connectivity index (χ0) is 18.2. The molecule has 3 rings (SSSR count). The Morgan fingerprint density at radius 3 is 2.24 bits per heavy atom. The fourth-order valence-corrected chi connectivity index (χ4v) is 2.92. The number of hydrogen-bond donors (Lipinski definition) is 2. The van der Waals surface area contributed by atoms with Gasteiger partial charge in [0.1, 0.15) is 5.41 Å². The van der Waals surface area contributed by atoms with Gasteiger partial charge in [0.2, 0.25) is 11.8 Å². The van der Waals surface area contributed by atoms with E-state index in [0.29, 0.717) is 34.3 Å². The number of amides is 2. The highest BCUT2D eigenvalue weighted by molar-refractivity contribution is 6.36. The molecule has 0 aromatic heterocycles. The van der Waals surface area contributed by atoms with Crippen LogP contribution in [0.15, 0.2) is 36.4 Å². The summed E-state index contributed by atoms with van der Waals surface area (Å²) in [6, 6.07) is 10.5. The van der Waals surface area contributed by atoms with Crippen molar-refractivity contribution in [1.29, 1.82) is 0 Å². The molecule has 6 heteroatoms. The highest BCUT2D eigenvalue weighted by Gasteiger charge is 2.56. The molecule has 0 radical (unpaired) electrons. The van der Waals surface area contributed by atoms with Crippen molar-refractivity contribution in [2.75, 3.05) is 10.6 Å². The van der Waals surface area contributed by atoms with Gasteiger partial charge in [0, 0.05) is 10.7 Å². The molecule has 1 aliphatic carbocycles. The van der Waals surface area contributed by atoms with Crippen molar-refractivity contribution in [3.63, 3.8) is 0 Å². The molecule has 0 saturated heterocycles. The Hall–Kier alpha value is -2.04. The standard InChI is InChI=1S/C19H18Cl2N2O2/c1-11-3-5-14(9-12(11)2)22-17(24)19(7-8-19)18(25)23-16-10-13(20)4-6-15(16)21/h3-6,9-10H,7-8H2,1-2H3,(H,22,24)(H,23,25). The summed E-state index contributed by atoms with van der Waals surface area (Å²) in [5, 5.41) is 6.41. The summed E-state index contributed by atoms with van der Waals surface area (Å²) >= 11 is 12.0. The second-order valence-corrected chi connectivity index (χ2v) is 7.26. The molecule has 0 heterocycles. The maximum atomic E-state index is 12.6. The first-order chi connectivity index (χ1) is 11.8. The summed E-state index contributed by atoms with van der Waals surface area (Å²) in [7, 11) is 0. The molecule has 0 unspecified atom stereocenters. The van der Waals surface area contributed by atoms with E-state index in [4.69, 9.17) is 23.2 Å². The third-order valence-corrected chi connectivity index (χ3v) is 5.13. The van der Waals surface area contributed by atoms with Crippen LogP contribution in [0.4, 0.5) is 11.4 Å². The largest absolute Gasteiger partial charge is 0.325 e. The number of halogens is 2. The summed E-state index contributed by atoms with van der Waals surface area (Å²) in [5.74, 6) is -0.663. The van der Waals surface area contributed by atoms with Gasteiger partial charge < -0.3 is 10.6 Å². The van der Waals surface area contributed by atoms with E-state index < -0.39 is 5.41 Å². The number of rotatable bonds is 4. The van der Waals surface area contributed by atoms with Crippen LogP contribution in [-0.4, -0.2) is 11.8 Å². The minimum atomic E-state index is -1.05. The quantitative estimate of drug-likeness (QED) is 0.740. The molecule has 4 nitrogen and oxygen atoms in total. The minimum Gasteiger partial charge on any atom is -0.325 e. The molecule has 130 valence electrons. The van der Waals surface area contributed by atoms with Gasteiger partial charge in [-0.15, -0.1) is 0 Å². The molecular formula is C19H18Cl2N2O2. The van der Waals surface area contributed by atoms with Crippen LogP contribution in [-0.2, 0) is 9.59 Å². The molecule has 2 aromatic rings. The number of anilines is 2. The molecule has 0 spiro atoms. The Kier molecular flexibility index (Phi) is 4.76. The van der Waals surface area contributed by atoms with Crippen LogP contribution < -0.4 is 10.6 Å². The molecular weight excluding hydrogens is 359 g/mol. The first-order valence-electron chi connectivity index (χ1n) is 7.97. The molecule has 2 N–H and O–H groups in total. The summed E-state index contributed by atoms with van der Waals surface area (Å²) in [4.78, 5) is 25.3. The van der Waals surface area contributed by atoms with Crippen LogP contribution in [0.3, 0.4) is 0 Å². The van der Waals surface area contributed by atoms with Gasteiger partial charge in [-0.3, -0.25) is 9.59 Å². The topological polar surface area (TPSA) is 58.2 Å². The number of carbonyl (C=O) groups is 2. The smallest absolute Gasteiger partial charge is 0.240 e. The summed E-state index contributed by atoms with van der Waals surface area (Å²) in [6.45, 7) is 3.98. The van der Waals surface area contributed by atoms with Gasteiger partial charge in [0.05, 0.1) is 10.7 Å². The van der Waals surface area contributed by atoms with E-state index in [9.17, 15) is 9.59 Å². The zero-order valence-electron chi connectivity index (χ0n) is 14.0. The van der Waals surface area contributed by atoms with Crippen LogP contribution in [0, 0.1) is 19.3 Å². The first kappa shape index (κ1) is 17.8. The van der Waals surface area contributed by atoms with Crippen LogP contribution in [0.1, 0.15) is 24.0 Å². The van der Waals surface area contributed by atoms with Crippen molar-refractivity contribution < 1.29 is 9.59 Å². The highest BCUT2D eigenvalue weighted by atomic mass is 35.5. The average molecular weight is 377 g/mol. The van der Waals surface area contributed by atoms with Crippen molar-refractivity contribution in [2.45, 2.75) is 26.7 Å². The van der Waals surface area contributed by atoms with E-state index in [0.717, 1.165) is 11.1 Å². The number of nitrogens with one attached hydrogen (secondary N) is 2. The van der Waals surface area contributed by atoms with Crippen molar-refractivity contribution in [3.8, 4) is 0 Å². The van der Waals surface area contributed by atoms with E-state index in [1.54, 1.807) is 18.2 Å². The zero-order valence-corrected chi connectivity index (χ0v) is 15.5. The van der Waals surface area contributed by atoms with Crippen molar-refractivity contribution in [1.82, 2.24) is 0 Å². The number of aryl methyl sites for hydroxylation is 2. The SMILES string of the molecule is Cc1ccc(NC(=O)C2(C(=O)Nc3cc(Cl)ccc3Cl)CC2)cc1C. The molecule has 1 aliphatic rings. The number of hydrogen-bond acceptors (Lipinski definition) is 2. The lowest BCUT2D eigenvalue weighted by Gasteiger charge is -2.16. The van der Waals surface area contributed by atoms with Gasteiger partial charge in [0.25, 0.3) is 0 Å². The molecule has 25 heavy (non-hydrogen) atoms. The van der Waals surface area contributed by atoms with Crippen LogP contribution in [0.25, 0.3) is 0 Å². The Morgan fingerprint density at radius 2 is 1.60 bits per heavy atom. The molecule has 1 saturated carbocycles.